The van der Waals surface area contributed by atoms with Gasteiger partial charge in [-0.15, -0.1) is 0 Å². The van der Waals surface area contributed by atoms with Crippen LogP contribution in [0, 0.1) is 20.8 Å². The number of carbonyl (C=O) groups excluding carboxylic acids is 1. The highest BCUT2D eigenvalue weighted by atomic mass is 16.5. The molecule has 0 saturated carbocycles. The van der Waals surface area contributed by atoms with Crippen LogP contribution in [0.25, 0.3) is 5.69 Å². The molecule has 0 radical (unpaired) electrons. The smallest absolute Gasteiger partial charge is 0.255 e. The van der Waals surface area contributed by atoms with Crippen LogP contribution in [0.5, 0.6) is 5.75 Å². The maximum absolute atomic E-state index is 12.6. The average Bonchev–Trinajstić information content (AvgIpc) is 2.95. The van der Waals surface area contributed by atoms with E-state index in [1.807, 2.05) is 87.8 Å². The van der Waals surface area contributed by atoms with Crippen molar-refractivity contribution in [3.63, 3.8) is 0 Å². The lowest BCUT2D eigenvalue weighted by atomic mass is 10.1. The fraction of sp³-hybridized carbons (Fsp3) is 0.273. The van der Waals surface area contributed by atoms with E-state index in [4.69, 9.17) is 4.74 Å². The van der Waals surface area contributed by atoms with Gasteiger partial charge in [-0.25, -0.2) is 4.68 Å². The van der Waals surface area contributed by atoms with E-state index in [1.165, 1.54) is 0 Å². The lowest BCUT2D eigenvalue weighted by molar-refractivity contribution is 0.102. The third kappa shape index (κ3) is 4.37. The number of hydrogen-bond acceptors (Lipinski definition) is 3. The number of rotatable bonds is 5. The fourth-order valence-electron chi connectivity index (χ4n) is 2.96. The summed E-state index contributed by atoms with van der Waals surface area (Å²) in [5.41, 5.74) is 5.30. The lowest BCUT2D eigenvalue weighted by Crippen LogP contribution is -2.13. The number of ether oxygens (including phenoxy) is 1. The number of hydrogen-bond donors (Lipinski definition) is 1. The van der Waals surface area contributed by atoms with Gasteiger partial charge < -0.3 is 10.1 Å². The number of carbonyl (C=O) groups is 1. The van der Waals surface area contributed by atoms with Crippen LogP contribution < -0.4 is 10.1 Å². The average molecular weight is 363 g/mol. The van der Waals surface area contributed by atoms with Gasteiger partial charge in [-0.1, -0.05) is 0 Å². The highest BCUT2D eigenvalue weighted by Crippen LogP contribution is 2.23. The van der Waals surface area contributed by atoms with Crippen molar-refractivity contribution in [3.05, 3.63) is 71.0 Å². The van der Waals surface area contributed by atoms with Crippen molar-refractivity contribution in [1.29, 1.82) is 0 Å². The maximum Gasteiger partial charge on any atom is 0.255 e. The summed E-state index contributed by atoms with van der Waals surface area (Å²) >= 11 is 0. The first-order chi connectivity index (χ1) is 12.8. The van der Waals surface area contributed by atoms with Crippen molar-refractivity contribution in [2.24, 2.45) is 0 Å². The summed E-state index contributed by atoms with van der Waals surface area (Å²) in [5, 5.41) is 7.43. The predicted octanol–water partition coefficient (Wildman–Crippen LogP) is 4.84. The highest BCUT2D eigenvalue weighted by Gasteiger charge is 2.10. The standard InChI is InChI=1S/C22H25N3O2/c1-14(2)27-20-10-11-21(15(3)12-20)23-22(26)18-6-8-19(9-7-18)25-17(5)13-16(4)24-25/h6-14H,1-5H3,(H,23,26). The Morgan fingerprint density at radius 2 is 1.74 bits per heavy atom. The van der Waals surface area contributed by atoms with Crippen LogP contribution in [0.15, 0.2) is 48.5 Å². The molecular formula is C22H25N3O2. The Labute approximate surface area is 160 Å². The minimum absolute atomic E-state index is 0.116. The van der Waals surface area contributed by atoms with Crippen molar-refractivity contribution in [2.45, 2.75) is 40.7 Å². The summed E-state index contributed by atoms with van der Waals surface area (Å²) in [6.07, 6.45) is 0.116. The first-order valence-corrected chi connectivity index (χ1v) is 9.06. The molecule has 2 aromatic carbocycles. The van der Waals surface area contributed by atoms with Gasteiger partial charge in [-0.3, -0.25) is 4.79 Å². The van der Waals surface area contributed by atoms with Gasteiger partial charge in [0.15, 0.2) is 0 Å². The number of aromatic nitrogens is 2. The van der Waals surface area contributed by atoms with E-state index in [9.17, 15) is 4.79 Å². The SMILES string of the molecule is Cc1cc(C)n(-c2ccc(C(=O)Nc3ccc(OC(C)C)cc3C)cc2)n1. The summed E-state index contributed by atoms with van der Waals surface area (Å²) in [5.74, 6) is 0.658. The van der Waals surface area contributed by atoms with E-state index >= 15 is 0 Å². The second kappa shape index (κ2) is 7.66. The summed E-state index contributed by atoms with van der Waals surface area (Å²) in [7, 11) is 0. The Balaban J connectivity index is 1.74. The molecule has 0 aliphatic rings. The zero-order valence-electron chi connectivity index (χ0n) is 16.4. The van der Waals surface area contributed by atoms with Gasteiger partial charge in [-0.05, 0) is 88.7 Å². The molecule has 140 valence electrons. The topological polar surface area (TPSA) is 56.2 Å². The predicted molar refractivity (Wildman–Crippen MR) is 108 cm³/mol. The second-order valence-electron chi connectivity index (χ2n) is 6.98. The summed E-state index contributed by atoms with van der Waals surface area (Å²) in [4.78, 5) is 12.6. The van der Waals surface area contributed by atoms with Gasteiger partial charge in [0.25, 0.3) is 5.91 Å². The largest absolute Gasteiger partial charge is 0.491 e. The fourth-order valence-corrected chi connectivity index (χ4v) is 2.96. The van der Waals surface area contributed by atoms with Crippen molar-refractivity contribution in [1.82, 2.24) is 9.78 Å². The molecule has 0 atom stereocenters. The number of benzene rings is 2. The van der Waals surface area contributed by atoms with E-state index in [-0.39, 0.29) is 12.0 Å². The molecule has 1 N–H and O–H groups in total. The first-order valence-electron chi connectivity index (χ1n) is 9.06. The van der Waals surface area contributed by atoms with Gasteiger partial charge in [0.05, 0.1) is 17.5 Å². The monoisotopic (exact) mass is 363 g/mol. The quantitative estimate of drug-likeness (QED) is 0.706. The normalized spacial score (nSPS) is 10.9. The van der Waals surface area contributed by atoms with Gasteiger partial charge in [0.1, 0.15) is 5.75 Å². The molecule has 0 aliphatic heterocycles. The number of nitrogens with one attached hydrogen (secondary N) is 1. The Hall–Kier alpha value is -3.08. The molecule has 3 aromatic rings. The molecule has 0 bridgehead atoms. The molecule has 3 rings (SSSR count). The number of nitrogens with zero attached hydrogens (tertiary/aromatic N) is 2. The zero-order chi connectivity index (χ0) is 19.6. The molecule has 1 amide bonds. The van der Waals surface area contributed by atoms with Crippen LogP contribution in [0.1, 0.15) is 41.2 Å². The minimum atomic E-state index is -0.143. The highest BCUT2D eigenvalue weighted by molar-refractivity contribution is 6.04. The van der Waals surface area contributed by atoms with Crippen LogP contribution in [0.2, 0.25) is 0 Å². The van der Waals surface area contributed by atoms with E-state index in [1.54, 1.807) is 0 Å². The third-order valence-electron chi connectivity index (χ3n) is 4.20. The van der Waals surface area contributed by atoms with Gasteiger partial charge in [0, 0.05) is 16.9 Å². The van der Waals surface area contributed by atoms with Crippen LogP contribution >= 0.6 is 0 Å². The maximum atomic E-state index is 12.6. The number of aryl methyl sites for hydroxylation is 3. The molecule has 1 heterocycles. The zero-order valence-corrected chi connectivity index (χ0v) is 16.4. The molecule has 5 nitrogen and oxygen atoms in total. The summed E-state index contributed by atoms with van der Waals surface area (Å²) in [6.45, 7) is 9.90. The van der Waals surface area contributed by atoms with Crippen LogP contribution in [0.4, 0.5) is 5.69 Å². The van der Waals surface area contributed by atoms with Gasteiger partial charge in [0.2, 0.25) is 0 Å². The molecule has 1 aromatic heterocycles. The van der Waals surface area contributed by atoms with Crippen LogP contribution in [-0.2, 0) is 0 Å². The molecule has 0 unspecified atom stereocenters. The lowest BCUT2D eigenvalue weighted by Gasteiger charge is -2.13. The van der Waals surface area contributed by atoms with Crippen molar-refractivity contribution in [2.75, 3.05) is 5.32 Å². The molecular weight excluding hydrogens is 338 g/mol. The summed E-state index contributed by atoms with van der Waals surface area (Å²) < 4.78 is 7.55. The minimum Gasteiger partial charge on any atom is -0.491 e. The van der Waals surface area contributed by atoms with Crippen molar-refractivity contribution in [3.8, 4) is 11.4 Å². The van der Waals surface area contributed by atoms with Crippen LogP contribution in [0.3, 0.4) is 0 Å². The van der Waals surface area contributed by atoms with Crippen molar-refractivity contribution >= 4 is 11.6 Å². The Morgan fingerprint density at radius 1 is 1.04 bits per heavy atom. The summed E-state index contributed by atoms with van der Waals surface area (Å²) in [6, 6.07) is 15.1. The molecule has 0 spiro atoms. The van der Waals surface area contributed by atoms with E-state index < -0.39 is 0 Å². The van der Waals surface area contributed by atoms with Gasteiger partial charge in [-0.2, -0.15) is 5.10 Å². The Morgan fingerprint density at radius 3 is 2.30 bits per heavy atom. The molecule has 27 heavy (non-hydrogen) atoms. The molecule has 0 saturated heterocycles. The third-order valence-corrected chi connectivity index (χ3v) is 4.20. The van der Waals surface area contributed by atoms with Crippen LogP contribution in [-0.4, -0.2) is 21.8 Å². The molecule has 0 aliphatic carbocycles. The van der Waals surface area contributed by atoms with E-state index in [0.29, 0.717) is 5.56 Å². The first kappa shape index (κ1) is 18.7. The Kier molecular flexibility index (Phi) is 5.31. The molecule has 0 fully saturated rings. The van der Waals surface area contributed by atoms with E-state index in [2.05, 4.69) is 10.4 Å². The van der Waals surface area contributed by atoms with E-state index in [0.717, 1.165) is 34.1 Å². The van der Waals surface area contributed by atoms with Gasteiger partial charge >= 0.3 is 0 Å². The Bertz CT molecular complexity index is 956. The number of anilines is 1. The second-order valence-corrected chi connectivity index (χ2v) is 6.98. The molecule has 5 heteroatoms. The van der Waals surface area contributed by atoms with Crippen molar-refractivity contribution < 1.29 is 9.53 Å². The number of amides is 1.